The maximum absolute atomic E-state index is 12.7. The topological polar surface area (TPSA) is 55.1 Å². The highest BCUT2D eigenvalue weighted by molar-refractivity contribution is 5.93. The van der Waals surface area contributed by atoms with Gasteiger partial charge in [-0.1, -0.05) is 6.07 Å². The fourth-order valence-corrected chi connectivity index (χ4v) is 3.72. The molecular formula is C15H17F3N2O. The molecule has 0 radical (unpaired) electrons. The summed E-state index contributed by atoms with van der Waals surface area (Å²) in [5.74, 6) is 0.121. The van der Waals surface area contributed by atoms with Crippen molar-refractivity contribution in [1.29, 1.82) is 0 Å². The number of carbonyl (C=O) groups excluding carboxylic acids is 1. The summed E-state index contributed by atoms with van der Waals surface area (Å²) in [6.07, 6.45) is -1.41. The van der Waals surface area contributed by atoms with Crippen molar-refractivity contribution in [3.05, 3.63) is 29.8 Å². The van der Waals surface area contributed by atoms with Gasteiger partial charge >= 0.3 is 6.18 Å². The highest BCUT2D eigenvalue weighted by Gasteiger charge is 2.49. The van der Waals surface area contributed by atoms with Crippen LogP contribution < -0.4 is 11.1 Å². The first kappa shape index (κ1) is 14.4. The van der Waals surface area contributed by atoms with Crippen LogP contribution in [0.5, 0.6) is 0 Å². The second-order valence-corrected chi connectivity index (χ2v) is 6.00. The average Bonchev–Trinajstić information content (AvgIpc) is 2.98. The summed E-state index contributed by atoms with van der Waals surface area (Å²) in [6, 6.07) is 4.52. The lowest BCUT2D eigenvalue weighted by molar-refractivity contribution is -0.137. The molecule has 0 heterocycles. The molecular weight excluding hydrogens is 281 g/mol. The average molecular weight is 298 g/mol. The van der Waals surface area contributed by atoms with E-state index in [1.54, 1.807) is 0 Å². The minimum absolute atomic E-state index is 0.171. The number of benzene rings is 1. The largest absolute Gasteiger partial charge is 0.416 e. The van der Waals surface area contributed by atoms with Crippen LogP contribution in [0.1, 0.15) is 24.8 Å². The lowest BCUT2D eigenvalue weighted by Gasteiger charge is -2.27. The Labute approximate surface area is 120 Å². The van der Waals surface area contributed by atoms with Gasteiger partial charge < -0.3 is 11.1 Å². The number of hydrogen-bond acceptors (Lipinski definition) is 2. The summed E-state index contributed by atoms with van der Waals surface area (Å²) in [5, 5.41) is 2.59. The molecule has 1 amide bonds. The molecule has 3 rings (SSSR count). The summed E-state index contributed by atoms with van der Waals surface area (Å²) in [5.41, 5.74) is 5.48. The molecule has 4 unspecified atom stereocenters. The Balaban J connectivity index is 1.74. The van der Waals surface area contributed by atoms with Gasteiger partial charge in [-0.25, -0.2) is 0 Å². The summed E-state index contributed by atoms with van der Waals surface area (Å²) < 4.78 is 38.0. The Morgan fingerprint density at radius 1 is 1.24 bits per heavy atom. The highest BCUT2D eigenvalue weighted by atomic mass is 19.4. The quantitative estimate of drug-likeness (QED) is 0.882. The normalized spacial score (nSPS) is 31.4. The molecule has 2 saturated carbocycles. The van der Waals surface area contributed by atoms with Gasteiger partial charge in [0.05, 0.1) is 11.5 Å². The van der Waals surface area contributed by atoms with E-state index in [9.17, 15) is 18.0 Å². The van der Waals surface area contributed by atoms with E-state index in [2.05, 4.69) is 5.32 Å². The van der Waals surface area contributed by atoms with Crippen LogP contribution in [0, 0.1) is 17.8 Å². The zero-order valence-electron chi connectivity index (χ0n) is 11.4. The number of hydrogen-bond donors (Lipinski definition) is 2. The smallest absolute Gasteiger partial charge is 0.327 e. The molecule has 0 aromatic heterocycles. The molecule has 6 heteroatoms. The predicted octanol–water partition coefficient (Wildman–Crippen LogP) is 3.02. The van der Waals surface area contributed by atoms with Crippen LogP contribution in [0.25, 0.3) is 0 Å². The number of fused-ring (bicyclic) bond motifs is 2. The summed E-state index contributed by atoms with van der Waals surface area (Å²) >= 11 is 0. The van der Waals surface area contributed by atoms with E-state index in [1.807, 2.05) is 0 Å². The molecule has 114 valence electrons. The van der Waals surface area contributed by atoms with Crippen LogP contribution in [0.15, 0.2) is 24.3 Å². The number of rotatable bonds is 2. The standard InChI is InChI=1S/C15H17F3N2O/c16-15(17,18)10-2-1-3-11(7-10)20-14(21)12-8-4-5-9(6-8)13(12)19/h1-3,7-9,12-13H,4-6,19H2,(H,20,21). The van der Waals surface area contributed by atoms with Gasteiger partial charge in [-0.2, -0.15) is 13.2 Å². The van der Waals surface area contributed by atoms with Crippen molar-refractivity contribution >= 4 is 11.6 Å². The van der Waals surface area contributed by atoms with Crippen LogP contribution in [-0.4, -0.2) is 11.9 Å². The molecule has 21 heavy (non-hydrogen) atoms. The van der Waals surface area contributed by atoms with Crippen LogP contribution in [0.3, 0.4) is 0 Å². The molecule has 2 aliphatic rings. The molecule has 0 saturated heterocycles. The molecule has 2 fully saturated rings. The number of carbonyl (C=O) groups is 1. The number of nitrogens with one attached hydrogen (secondary N) is 1. The van der Waals surface area contributed by atoms with Gasteiger partial charge in [0, 0.05) is 11.7 Å². The minimum atomic E-state index is -4.41. The van der Waals surface area contributed by atoms with Gasteiger partial charge in [-0.05, 0) is 49.3 Å². The molecule has 2 aliphatic carbocycles. The predicted molar refractivity (Wildman–Crippen MR) is 72.4 cm³/mol. The molecule has 3 nitrogen and oxygen atoms in total. The Morgan fingerprint density at radius 3 is 2.57 bits per heavy atom. The van der Waals surface area contributed by atoms with Crippen molar-refractivity contribution in [2.75, 3.05) is 5.32 Å². The molecule has 0 aliphatic heterocycles. The van der Waals surface area contributed by atoms with Crippen molar-refractivity contribution in [3.63, 3.8) is 0 Å². The van der Waals surface area contributed by atoms with Crippen LogP contribution >= 0.6 is 0 Å². The van der Waals surface area contributed by atoms with E-state index in [1.165, 1.54) is 12.1 Å². The summed E-state index contributed by atoms with van der Waals surface area (Å²) in [7, 11) is 0. The minimum Gasteiger partial charge on any atom is -0.327 e. The van der Waals surface area contributed by atoms with Gasteiger partial charge in [-0.3, -0.25) is 4.79 Å². The van der Waals surface area contributed by atoms with Crippen molar-refractivity contribution in [2.24, 2.45) is 23.5 Å². The SMILES string of the molecule is NC1C2CCC(C2)C1C(=O)Nc1cccc(C(F)(F)F)c1. The first-order valence-corrected chi connectivity index (χ1v) is 7.10. The Bertz CT molecular complexity index is 556. The second kappa shape index (κ2) is 5.02. The fourth-order valence-electron chi connectivity index (χ4n) is 3.72. The fraction of sp³-hybridized carbons (Fsp3) is 0.533. The third-order valence-corrected chi connectivity index (χ3v) is 4.74. The number of nitrogens with two attached hydrogens (primary N) is 1. The van der Waals surface area contributed by atoms with Gasteiger partial charge in [0.25, 0.3) is 0 Å². The maximum Gasteiger partial charge on any atom is 0.416 e. The third-order valence-electron chi connectivity index (χ3n) is 4.74. The molecule has 1 aromatic carbocycles. The Hall–Kier alpha value is -1.56. The Morgan fingerprint density at radius 2 is 1.95 bits per heavy atom. The van der Waals surface area contributed by atoms with Crippen molar-refractivity contribution in [2.45, 2.75) is 31.5 Å². The zero-order chi connectivity index (χ0) is 15.2. The molecule has 0 spiro atoms. The van der Waals surface area contributed by atoms with Gasteiger partial charge in [0.2, 0.25) is 5.91 Å². The molecule has 1 aromatic rings. The number of alkyl halides is 3. The van der Waals surface area contributed by atoms with E-state index in [4.69, 9.17) is 5.73 Å². The monoisotopic (exact) mass is 298 g/mol. The van der Waals surface area contributed by atoms with E-state index in [0.29, 0.717) is 5.92 Å². The second-order valence-electron chi connectivity index (χ2n) is 6.00. The molecule has 4 atom stereocenters. The van der Waals surface area contributed by atoms with E-state index >= 15 is 0 Å². The van der Waals surface area contributed by atoms with Gasteiger partial charge in [-0.15, -0.1) is 0 Å². The summed E-state index contributed by atoms with van der Waals surface area (Å²) in [6.45, 7) is 0. The first-order chi connectivity index (χ1) is 9.86. The van der Waals surface area contributed by atoms with Gasteiger partial charge in [0.15, 0.2) is 0 Å². The van der Waals surface area contributed by atoms with E-state index < -0.39 is 11.7 Å². The van der Waals surface area contributed by atoms with Crippen molar-refractivity contribution < 1.29 is 18.0 Å². The van der Waals surface area contributed by atoms with E-state index in [-0.39, 0.29) is 29.5 Å². The number of halogens is 3. The third kappa shape index (κ3) is 2.64. The van der Waals surface area contributed by atoms with E-state index in [0.717, 1.165) is 31.4 Å². The van der Waals surface area contributed by atoms with Crippen molar-refractivity contribution in [1.82, 2.24) is 0 Å². The number of amides is 1. The first-order valence-electron chi connectivity index (χ1n) is 7.10. The lowest BCUT2D eigenvalue weighted by Crippen LogP contribution is -2.42. The highest BCUT2D eigenvalue weighted by Crippen LogP contribution is 2.48. The van der Waals surface area contributed by atoms with Crippen LogP contribution in [-0.2, 0) is 11.0 Å². The number of anilines is 1. The Kier molecular flexibility index (Phi) is 3.43. The summed E-state index contributed by atoms with van der Waals surface area (Å²) in [4.78, 5) is 12.3. The zero-order valence-corrected chi connectivity index (χ0v) is 11.4. The van der Waals surface area contributed by atoms with Crippen LogP contribution in [0.4, 0.5) is 18.9 Å². The van der Waals surface area contributed by atoms with Crippen LogP contribution in [0.2, 0.25) is 0 Å². The molecule has 3 N–H and O–H groups in total. The maximum atomic E-state index is 12.7. The van der Waals surface area contributed by atoms with Crippen molar-refractivity contribution in [3.8, 4) is 0 Å². The molecule has 2 bridgehead atoms. The van der Waals surface area contributed by atoms with Gasteiger partial charge in [0.1, 0.15) is 0 Å². The lowest BCUT2D eigenvalue weighted by atomic mass is 9.84.